The Hall–Kier alpha value is -0.570. The van der Waals surface area contributed by atoms with Gasteiger partial charge in [0.2, 0.25) is 5.91 Å². The van der Waals surface area contributed by atoms with E-state index in [1.807, 2.05) is 0 Å². The van der Waals surface area contributed by atoms with Gasteiger partial charge in [0.1, 0.15) is 0 Å². The molecule has 3 unspecified atom stereocenters. The molecule has 3 nitrogen and oxygen atoms in total. The molecule has 1 heterocycles. The van der Waals surface area contributed by atoms with Crippen molar-refractivity contribution in [1.29, 1.82) is 0 Å². The van der Waals surface area contributed by atoms with Crippen molar-refractivity contribution in [2.75, 3.05) is 0 Å². The Bertz CT molecular complexity index is 299. The number of carbonyl (C=O) groups excluding carboxylic acids is 1. The van der Waals surface area contributed by atoms with Gasteiger partial charge in [-0.05, 0) is 44.4 Å². The van der Waals surface area contributed by atoms with Crippen LogP contribution in [0.5, 0.6) is 0 Å². The van der Waals surface area contributed by atoms with Gasteiger partial charge in [0.15, 0.2) is 0 Å². The van der Waals surface area contributed by atoms with Crippen LogP contribution in [-0.2, 0) is 4.79 Å². The zero-order valence-corrected chi connectivity index (χ0v) is 12.3. The van der Waals surface area contributed by atoms with Crippen LogP contribution in [0.1, 0.15) is 59.8 Å². The van der Waals surface area contributed by atoms with Gasteiger partial charge < -0.3 is 4.90 Å². The largest absolute Gasteiger partial charge is 0.323 e. The molecule has 0 aromatic rings. The summed E-state index contributed by atoms with van der Waals surface area (Å²) in [4.78, 5) is 14.7. The van der Waals surface area contributed by atoms with E-state index in [9.17, 15) is 4.79 Å². The van der Waals surface area contributed by atoms with Gasteiger partial charge in [-0.2, -0.15) is 0 Å². The molecule has 3 atom stereocenters. The summed E-state index contributed by atoms with van der Waals surface area (Å²) in [5.74, 6) is 1.68. The van der Waals surface area contributed by atoms with E-state index in [1.165, 1.54) is 12.8 Å². The van der Waals surface area contributed by atoms with Crippen LogP contribution in [0.3, 0.4) is 0 Å². The van der Waals surface area contributed by atoms with E-state index < -0.39 is 0 Å². The Balaban J connectivity index is 2.05. The van der Waals surface area contributed by atoms with E-state index in [1.54, 1.807) is 0 Å². The summed E-state index contributed by atoms with van der Waals surface area (Å²) in [6.45, 7) is 8.81. The summed E-state index contributed by atoms with van der Waals surface area (Å²) >= 11 is 0. The minimum atomic E-state index is 0.0581. The zero-order chi connectivity index (χ0) is 13.3. The second-order valence-electron chi connectivity index (χ2n) is 6.48. The Morgan fingerprint density at radius 3 is 2.50 bits per heavy atom. The summed E-state index contributed by atoms with van der Waals surface area (Å²) in [6.07, 6.45) is 6.07. The van der Waals surface area contributed by atoms with Crippen molar-refractivity contribution in [3.05, 3.63) is 0 Å². The van der Waals surface area contributed by atoms with Gasteiger partial charge >= 0.3 is 0 Å². The number of nitrogens with one attached hydrogen (secondary N) is 1. The van der Waals surface area contributed by atoms with Gasteiger partial charge in [0, 0.05) is 6.04 Å². The van der Waals surface area contributed by atoms with Gasteiger partial charge in [0.05, 0.1) is 12.2 Å². The van der Waals surface area contributed by atoms with Crippen molar-refractivity contribution in [1.82, 2.24) is 10.2 Å². The molecule has 1 N–H and O–H groups in total. The molecule has 104 valence electrons. The molecule has 0 spiro atoms. The van der Waals surface area contributed by atoms with Crippen molar-refractivity contribution >= 4 is 5.91 Å². The van der Waals surface area contributed by atoms with E-state index >= 15 is 0 Å². The van der Waals surface area contributed by atoms with Crippen molar-refractivity contribution in [3.8, 4) is 0 Å². The first-order valence-corrected chi connectivity index (χ1v) is 7.62. The average molecular weight is 252 g/mol. The Morgan fingerprint density at radius 2 is 2.00 bits per heavy atom. The SMILES string of the molecule is CCCC1NC(CC(C)C)C(=O)N1C(C)C1CC1. The lowest BCUT2D eigenvalue weighted by Gasteiger charge is -2.30. The fraction of sp³-hybridized carbons (Fsp3) is 0.933. The molecule has 2 fully saturated rings. The van der Waals surface area contributed by atoms with Crippen LogP contribution in [0.25, 0.3) is 0 Å². The molecule has 2 aliphatic rings. The topological polar surface area (TPSA) is 32.3 Å². The third kappa shape index (κ3) is 2.87. The molecule has 1 aliphatic carbocycles. The van der Waals surface area contributed by atoms with Gasteiger partial charge in [0.25, 0.3) is 0 Å². The molecule has 18 heavy (non-hydrogen) atoms. The first-order chi connectivity index (χ1) is 8.54. The molecule has 3 heteroatoms. The first kappa shape index (κ1) is 13.9. The van der Waals surface area contributed by atoms with Gasteiger partial charge in [-0.25, -0.2) is 0 Å². The predicted molar refractivity (Wildman–Crippen MR) is 74.1 cm³/mol. The first-order valence-electron chi connectivity index (χ1n) is 7.62. The molecule has 0 bridgehead atoms. The van der Waals surface area contributed by atoms with Gasteiger partial charge in [-0.1, -0.05) is 27.2 Å². The smallest absolute Gasteiger partial charge is 0.241 e. The molecule has 0 aromatic carbocycles. The summed E-state index contributed by atoms with van der Waals surface area (Å²) in [5, 5.41) is 3.56. The van der Waals surface area contributed by atoms with E-state index in [0.717, 1.165) is 25.2 Å². The average Bonchev–Trinajstić information content (AvgIpc) is 3.07. The molecular formula is C15H28N2O. The number of hydrogen-bond acceptors (Lipinski definition) is 2. The molecule has 0 aromatic heterocycles. The molecule has 0 radical (unpaired) electrons. The summed E-state index contributed by atoms with van der Waals surface area (Å²) in [7, 11) is 0. The minimum absolute atomic E-state index is 0.0581. The van der Waals surface area contributed by atoms with Crippen molar-refractivity contribution < 1.29 is 4.79 Å². The summed E-state index contributed by atoms with van der Waals surface area (Å²) in [6, 6.07) is 0.487. The maximum atomic E-state index is 12.6. The third-order valence-corrected chi connectivity index (χ3v) is 4.29. The van der Waals surface area contributed by atoms with E-state index in [0.29, 0.717) is 17.9 Å². The van der Waals surface area contributed by atoms with Crippen LogP contribution in [0.4, 0.5) is 0 Å². The number of nitrogens with zero attached hydrogens (tertiary/aromatic N) is 1. The summed E-state index contributed by atoms with van der Waals surface area (Å²) < 4.78 is 0. The normalized spacial score (nSPS) is 30.3. The number of amides is 1. The molecular weight excluding hydrogens is 224 g/mol. The standard InChI is InChI=1S/C15H28N2O/c1-5-6-14-16-13(9-10(2)3)15(18)17(14)11(4)12-7-8-12/h10-14,16H,5-9H2,1-4H3. The van der Waals surface area contributed by atoms with Crippen LogP contribution in [0.2, 0.25) is 0 Å². The fourth-order valence-electron chi connectivity index (χ4n) is 3.14. The lowest BCUT2D eigenvalue weighted by atomic mass is 10.0. The highest BCUT2D eigenvalue weighted by Gasteiger charge is 2.44. The Morgan fingerprint density at radius 1 is 1.33 bits per heavy atom. The highest BCUT2D eigenvalue weighted by Crippen LogP contribution is 2.37. The summed E-state index contributed by atoms with van der Waals surface area (Å²) in [5.41, 5.74) is 0. The van der Waals surface area contributed by atoms with E-state index in [2.05, 4.69) is 37.9 Å². The zero-order valence-electron chi connectivity index (χ0n) is 12.3. The van der Waals surface area contributed by atoms with Gasteiger partial charge in [-0.15, -0.1) is 0 Å². The van der Waals surface area contributed by atoms with Crippen molar-refractivity contribution in [2.24, 2.45) is 11.8 Å². The van der Waals surface area contributed by atoms with Crippen LogP contribution in [0.15, 0.2) is 0 Å². The van der Waals surface area contributed by atoms with Crippen LogP contribution in [-0.4, -0.2) is 29.1 Å². The monoisotopic (exact) mass is 252 g/mol. The molecule has 2 rings (SSSR count). The van der Waals surface area contributed by atoms with E-state index in [-0.39, 0.29) is 12.2 Å². The van der Waals surface area contributed by atoms with Crippen LogP contribution in [0, 0.1) is 11.8 Å². The molecule has 1 saturated carbocycles. The van der Waals surface area contributed by atoms with Gasteiger partial charge in [-0.3, -0.25) is 10.1 Å². The van der Waals surface area contributed by atoms with Crippen LogP contribution >= 0.6 is 0 Å². The number of rotatable bonds is 6. The van der Waals surface area contributed by atoms with Crippen LogP contribution < -0.4 is 5.32 Å². The Labute approximate surface area is 111 Å². The molecule has 1 aliphatic heterocycles. The lowest BCUT2D eigenvalue weighted by molar-refractivity contribution is -0.132. The molecule has 1 saturated heterocycles. The Kier molecular flexibility index (Phi) is 4.31. The third-order valence-electron chi connectivity index (χ3n) is 4.29. The highest BCUT2D eigenvalue weighted by molar-refractivity contribution is 5.84. The lowest BCUT2D eigenvalue weighted by Crippen LogP contribution is -2.44. The number of hydrogen-bond donors (Lipinski definition) is 1. The molecule has 1 amide bonds. The van der Waals surface area contributed by atoms with Crippen molar-refractivity contribution in [3.63, 3.8) is 0 Å². The second-order valence-corrected chi connectivity index (χ2v) is 6.48. The second kappa shape index (κ2) is 5.60. The van der Waals surface area contributed by atoms with Crippen molar-refractivity contribution in [2.45, 2.75) is 78.0 Å². The quantitative estimate of drug-likeness (QED) is 0.788. The highest BCUT2D eigenvalue weighted by atomic mass is 16.2. The minimum Gasteiger partial charge on any atom is -0.323 e. The predicted octanol–water partition coefficient (Wildman–Crippen LogP) is 2.76. The maximum Gasteiger partial charge on any atom is 0.241 e. The van der Waals surface area contributed by atoms with E-state index in [4.69, 9.17) is 0 Å². The number of carbonyl (C=O) groups is 1. The fourth-order valence-corrected chi connectivity index (χ4v) is 3.14. The maximum absolute atomic E-state index is 12.6.